The van der Waals surface area contributed by atoms with Gasteiger partial charge >= 0.3 is 0 Å². The van der Waals surface area contributed by atoms with Crippen molar-refractivity contribution in [2.75, 3.05) is 30.8 Å². The molecule has 2 aromatic carbocycles. The second-order valence-electron chi connectivity index (χ2n) is 8.77. The Morgan fingerprint density at radius 2 is 1.88 bits per heavy atom. The zero-order chi connectivity index (χ0) is 23.8. The van der Waals surface area contributed by atoms with Gasteiger partial charge in [-0.05, 0) is 49.2 Å². The van der Waals surface area contributed by atoms with Crippen molar-refractivity contribution < 1.29 is 9.53 Å². The Balaban J connectivity index is 1.37. The first-order valence-electron chi connectivity index (χ1n) is 11.3. The summed E-state index contributed by atoms with van der Waals surface area (Å²) in [5, 5.41) is 9.43. The highest BCUT2D eigenvalue weighted by Crippen LogP contribution is 2.45. The van der Waals surface area contributed by atoms with Crippen LogP contribution in [0.1, 0.15) is 47.5 Å². The van der Waals surface area contributed by atoms with Crippen molar-refractivity contribution >= 4 is 40.6 Å². The molecular formula is C25H27ClN6O2. The Kier molecular flexibility index (Phi) is 6.12. The quantitative estimate of drug-likeness (QED) is 0.468. The summed E-state index contributed by atoms with van der Waals surface area (Å²) in [4.78, 5) is 23.5. The fourth-order valence-electron chi connectivity index (χ4n) is 4.47. The van der Waals surface area contributed by atoms with Crippen LogP contribution in [0.3, 0.4) is 0 Å². The van der Waals surface area contributed by atoms with Crippen LogP contribution in [0.4, 0.5) is 23.1 Å². The van der Waals surface area contributed by atoms with Gasteiger partial charge in [0.25, 0.3) is 5.91 Å². The SMILES string of the molecule is CNC(=O)c1ccccc1Nc1nc(Nc2ccc3c(c2)C2CN(C(C)C)CC3O2)ncc1Cl. The molecule has 5 rings (SSSR count). The summed E-state index contributed by atoms with van der Waals surface area (Å²) in [6, 6.07) is 13.9. The Hall–Kier alpha value is -3.20. The normalized spacial score (nSPS) is 19.1. The van der Waals surface area contributed by atoms with Crippen LogP contribution in [-0.2, 0) is 4.74 Å². The monoisotopic (exact) mass is 478 g/mol. The maximum Gasteiger partial charge on any atom is 0.253 e. The molecule has 3 heterocycles. The van der Waals surface area contributed by atoms with E-state index in [9.17, 15) is 4.79 Å². The van der Waals surface area contributed by atoms with Crippen LogP contribution in [0.2, 0.25) is 5.02 Å². The lowest BCUT2D eigenvalue weighted by atomic mass is 10.0. The maximum atomic E-state index is 12.2. The van der Waals surface area contributed by atoms with Gasteiger partial charge in [-0.15, -0.1) is 0 Å². The van der Waals surface area contributed by atoms with E-state index in [4.69, 9.17) is 16.3 Å². The molecule has 1 aromatic heterocycles. The van der Waals surface area contributed by atoms with Crippen LogP contribution in [0.25, 0.3) is 0 Å². The molecule has 2 bridgehead atoms. The molecular weight excluding hydrogens is 452 g/mol. The molecule has 1 fully saturated rings. The summed E-state index contributed by atoms with van der Waals surface area (Å²) in [5.41, 5.74) is 4.44. The average molecular weight is 479 g/mol. The van der Waals surface area contributed by atoms with Crippen molar-refractivity contribution in [3.63, 3.8) is 0 Å². The minimum atomic E-state index is -0.201. The standard InChI is InChI=1S/C25H27ClN6O2/c1-14(2)32-12-21-16-9-8-15(10-18(16)22(13-32)34-21)29-25-28-11-19(26)23(31-25)30-20-7-5-4-6-17(20)24(33)27-3/h4-11,14,21-22H,12-13H2,1-3H3,(H,27,33)(H2,28,29,30,31). The number of anilines is 4. The third kappa shape index (κ3) is 4.32. The van der Waals surface area contributed by atoms with Crippen LogP contribution in [0.15, 0.2) is 48.7 Å². The summed E-state index contributed by atoms with van der Waals surface area (Å²) in [5.74, 6) is 0.603. The van der Waals surface area contributed by atoms with E-state index in [1.807, 2.05) is 12.1 Å². The van der Waals surface area contributed by atoms with Gasteiger partial charge in [0.2, 0.25) is 5.95 Å². The highest BCUT2D eigenvalue weighted by molar-refractivity contribution is 6.33. The van der Waals surface area contributed by atoms with E-state index < -0.39 is 0 Å². The van der Waals surface area contributed by atoms with Gasteiger partial charge in [0, 0.05) is 31.9 Å². The fraction of sp³-hybridized carbons (Fsp3) is 0.320. The molecule has 2 unspecified atom stereocenters. The van der Waals surface area contributed by atoms with Gasteiger partial charge in [0.15, 0.2) is 5.82 Å². The van der Waals surface area contributed by atoms with Crippen molar-refractivity contribution in [2.24, 2.45) is 0 Å². The molecule has 2 atom stereocenters. The third-order valence-electron chi connectivity index (χ3n) is 6.29. The fourth-order valence-corrected chi connectivity index (χ4v) is 4.61. The first kappa shape index (κ1) is 22.6. The molecule has 3 N–H and O–H groups in total. The molecule has 8 nitrogen and oxygen atoms in total. The number of nitrogens with zero attached hydrogens (tertiary/aromatic N) is 3. The number of aromatic nitrogens is 2. The van der Waals surface area contributed by atoms with E-state index in [0.717, 1.165) is 18.8 Å². The first-order chi connectivity index (χ1) is 16.4. The summed E-state index contributed by atoms with van der Waals surface area (Å²) in [6.45, 7) is 6.25. The molecule has 2 aliphatic heterocycles. The number of fused-ring (bicyclic) bond motifs is 5. The number of nitrogens with one attached hydrogen (secondary N) is 3. The maximum absolute atomic E-state index is 12.2. The number of carbonyl (C=O) groups excluding carboxylic acids is 1. The van der Waals surface area contributed by atoms with Gasteiger partial charge in [-0.1, -0.05) is 29.8 Å². The van der Waals surface area contributed by atoms with E-state index in [1.165, 1.54) is 17.3 Å². The minimum absolute atomic E-state index is 0.0717. The van der Waals surface area contributed by atoms with E-state index in [2.05, 4.69) is 56.8 Å². The topological polar surface area (TPSA) is 91.4 Å². The number of hydrogen-bond donors (Lipinski definition) is 3. The number of ether oxygens (including phenoxy) is 1. The van der Waals surface area contributed by atoms with Crippen molar-refractivity contribution in [2.45, 2.75) is 32.1 Å². The zero-order valence-corrected chi connectivity index (χ0v) is 20.1. The van der Waals surface area contributed by atoms with Gasteiger partial charge in [-0.3, -0.25) is 9.69 Å². The molecule has 1 saturated heterocycles. The zero-order valence-electron chi connectivity index (χ0n) is 19.3. The largest absolute Gasteiger partial charge is 0.363 e. The van der Waals surface area contributed by atoms with Crippen LogP contribution in [-0.4, -0.2) is 47.0 Å². The Labute approximate surface area is 203 Å². The lowest BCUT2D eigenvalue weighted by Crippen LogP contribution is -2.40. The molecule has 0 radical (unpaired) electrons. The molecule has 0 spiro atoms. The molecule has 2 aliphatic rings. The minimum Gasteiger partial charge on any atom is -0.363 e. The number of carbonyl (C=O) groups is 1. The number of benzene rings is 2. The van der Waals surface area contributed by atoms with Crippen LogP contribution in [0.5, 0.6) is 0 Å². The first-order valence-corrected chi connectivity index (χ1v) is 11.7. The van der Waals surface area contributed by atoms with Crippen LogP contribution < -0.4 is 16.0 Å². The van der Waals surface area contributed by atoms with E-state index in [1.54, 1.807) is 25.2 Å². The number of halogens is 1. The third-order valence-corrected chi connectivity index (χ3v) is 6.57. The molecule has 0 aliphatic carbocycles. The van der Waals surface area contributed by atoms with Crippen molar-refractivity contribution in [1.29, 1.82) is 0 Å². The van der Waals surface area contributed by atoms with E-state index >= 15 is 0 Å². The predicted octanol–water partition coefficient (Wildman–Crippen LogP) is 4.81. The van der Waals surface area contributed by atoms with Crippen molar-refractivity contribution in [1.82, 2.24) is 20.2 Å². The molecule has 9 heteroatoms. The van der Waals surface area contributed by atoms with Crippen LogP contribution in [0, 0.1) is 0 Å². The Morgan fingerprint density at radius 3 is 2.65 bits per heavy atom. The Bertz CT molecular complexity index is 1230. The van der Waals surface area contributed by atoms with Gasteiger partial charge in [0.1, 0.15) is 5.02 Å². The van der Waals surface area contributed by atoms with Gasteiger partial charge in [-0.2, -0.15) is 4.98 Å². The lowest BCUT2D eigenvalue weighted by Gasteiger charge is -2.35. The highest BCUT2D eigenvalue weighted by Gasteiger charge is 2.39. The van der Waals surface area contributed by atoms with Gasteiger partial charge in [0.05, 0.1) is 29.7 Å². The van der Waals surface area contributed by atoms with Crippen molar-refractivity contribution in [3.05, 3.63) is 70.4 Å². The van der Waals surface area contributed by atoms with Gasteiger partial charge in [-0.25, -0.2) is 4.98 Å². The van der Waals surface area contributed by atoms with E-state index in [-0.39, 0.29) is 18.1 Å². The van der Waals surface area contributed by atoms with E-state index in [0.29, 0.717) is 34.1 Å². The molecule has 0 saturated carbocycles. The number of para-hydroxylation sites is 1. The lowest BCUT2D eigenvalue weighted by molar-refractivity contribution is -0.0764. The molecule has 176 valence electrons. The molecule has 1 amide bonds. The smallest absolute Gasteiger partial charge is 0.253 e. The number of rotatable bonds is 6. The Morgan fingerprint density at radius 1 is 1.12 bits per heavy atom. The highest BCUT2D eigenvalue weighted by atomic mass is 35.5. The summed E-state index contributed by atoms with van der Waals surface area (Å²) in [7, 11) is 1.59. The second-order valence-corrected chi connectivity index (χ2v) is 9.18. The summed E-state index contributed by atoms with van der Waals surface area (Å²) >= 11 is 6.35. The second kappa shape index (κ2) is 9.21. The number of amides is 1. The van der Waals surface area contributed by atoms with Gasteiger partial charge < -0.3 is 20.7 Å². The molecule has 34 heavy (non-hydrogen) atoms. The average Bonchev–Trinajstić information content (AvgIpc) is 3.09. The number of hydrogen-bond acceptors (Lipinski definition) is 7. The predicted molar refractivity (Wildman–Crippen MR) is 133 cm³/mol. The summed E-state index contributed by atoms with van der Waals surface area (Å²) < 4.78 is 6.23. The summed E-state index contributed by atoms with van der Waals surface area (Å²) in [6.07, 6.45) is 1.72. The number of morpholine rings is 1. The van der Waals surface area contributed by atoms with Crippen molar-refractivity contribution in [3.8, 4) is 0 Å². The van der Waals surface area contributed by atoms with Crippen LogP contribution >= 0.6 is 11.6 Å². The molecule has 3 aromatic rings.